The monoisotopic (exact) mass is 198 g/mol. The van der Waals surface area contributed by atoms with Crippen LogP contribution in [0.3, 0.4) is 0 Å². The topological polar surface area (TPSA) is 56.7 Å². The number of aryl methyl sites for hydroxylation is 1. The van der Waals surface area contributed by atoms with Crippen LogP contribution in [-0.2, 0) is 12.9 Å². The van der Waals surface area contributed by atoms with Crippen LogP contribution in [0.1, 0.15) is 5.82 Å². The Morgan fingerprint density at radius 3 is 3.00 bits per heavy atom. The van der Waals surface area contributed by atoms with Crippen LogP contribution in [0, 0.1) is 0 Å². The molecule has 68 valence electrons. The molecule has 0 saturated carbocycles. The van der Waals surface area contributed by atoms with E-state index in [9.17, 15) is 0 Å². The van der Waals surface area contributed by atoms with Crippen molar-refractivity contribution in [3.63, 3.8) is 0 Å². The molecule has 6 heteroatoms. The Bertz CT molecular complexity index is 408. The van der Waals surface area contributed by atoms with Crippen LogP contribution in [0.4, 0.5) is 0 Å². The Morgan fingerprint density at radius 2 is 2.46 bits per heavy atom. The molecule has 0 radical (unpaired) electrons. The van der Waals surface area contributed by atoms with E-state index in [1.807, 2.05) is 7.05 Å². The van der Waals surface area contributed by atoms with Crippen molar-refractivity contribution in [2.45, 2.75) is 5.88 Å². The molecule has 2 aromatic heterocycles. The fourth-order valence-corrected chi connectivity index (χ4v) is 1.07. The molecular formula is C7H7ClN4O. The fraction of sp³-hybridized carbons (Fsp3) is 0.286. The third-order valence-corrected chi connectivity index (χ3v) is 1.78. The molecule has 0 aliphatic heterocycles. The van der Waals surface area contributed by atoms with Gasteiger partial charge in [-0.05, 0) is 0 Å². The lowest BCUT2D eigenvalue weighted by Gasteiger charge is -1.83. The van der Waals surface area contributed by atoms with Gasteiger partial charge in [0.15, 0.2) is 5.82 Å². The molecule has 0 amide bonds. The summed E-state index contributed by atoms with van der Waals surface area (Å²) in [6, 6.07) is 0. The molecule has 13 heavy (non-hydrogen) atoms. The summed E-state index contributed by atoms with van der Waals surface area (Å²) in [6.45, 7) is 0. The van der Waals surface area contributed by atoms with E-state index in [0.717, 1.165) is 5.56 Å². The minimum absolute atomic E-state index is 0.254. The summed E-state index contributed by atoms with van der Waals surface area (Å²) in [7, 11) is 1.82. The van der Waals surface area contributed by atoms with Gasteiger partial charge in [0, 0.05) is 13.2 Å². The van der Waals surface area contributed by atoms with Gasteiger partial charge in [-0.2, -0.15) is 10.1 Å². The lowest BCUT2D eigenvalue weighted by atomic mass is 10.4. The second-order valence-electron chi connectivity index (χ2n) is 2.55. The molecule has 0 unspecified atom stereocenters. The van der Waals surface area contributed by atoms with Crippen LogP contribution in [0.2, 0.25) is 0 Å². The lowest BCUT2D eigenvalue weighted by Crippen LogP contribution is -1.84. The normalized spacial score (nSPS) is 10.6. The van der Waals surface area contributed by atoms with E-state index in [-0.39, 0.29) is 5.88 Å². The smallest absolute Gasteiger partial charge is 0.261 e. The number of nitrogens with zero attached hydrogens (tertiary/aromatic N) is 4. The average Bonchev–Trinajstić information content (AvgIpc) is 2.71. The molecule has 2 heterocycles. The van der Waals surface area contributed by atoms with Crippen LogP contribution in [0.5, 0.6) is 0 Å². The van der Waals surface area contributed by atoms with Crippen molar-refractivity contribution >= 4 is 11.6 Å². The standard InChI is InChI=1S/C7H7ClN4O/c1-12-4-5(3-9-12)7-10-6(2-8)11-13-7/h3-4H,2H2,1H3. The van der Waals surface area contributed by atoms with Gasteiger partial charge in [0.05, 0.1) is 17.6 Å². The number of hydrogen-bond acceptors (Lipinski definition) is 4. The number of hydrogen-bond donors (Lipinski definition) is 0. The minimum Gasteiger partial charge on any atom is -0.334 e. The van der Waals surface area contributed by atoms with Gasteiger partial charge < -0.3 is 4.52 Å². The molecule has 0 aromatic carbocycles. The van der Waals surface area contributed by atoms with Gasteiger partial charge in [-0.25, -0.2) is 0 Å². The molecule has 0 aliphatic carbocycles. The highest BCUT2D eigenvalue weighted by Crippen LogP contribution is 2.15. The van der Waals surface area contributed by atoms with Crippen molar-refractivity contribution < 1.29 is 4.52 Å². The highest BCUT2D eigenvalue weighted by atomic mass is 35.5. The van der Waals surface area contributed by atoms with Gasteiger partial charge in [-0.15, -0.1) is 11.6 Å². The van der Waals surface area contributed by atoms with Gasteiger partial charge in [0.25, 0.3) is 5.89 Å². The first-order valence-corrected chi connectivity index (χ1v) is 4.20. The predicted molar refractivity (Wildman–Crippen MR) is 46.1 cm³/mol. The fourth-order valence-electron chi connectivity index (χ4n) is 0.957. The summed E-state index contributed by atoms with van der Waals surface area (Å²) < 4.78 is 6.62. The molecule has 2 rings (SSSR count). The quantitative estimate of drug-likeness (QED) is 0.681. The Labute approximate surface area is 79.3 Å². The van der Waals surface area contributed by atoms with Gasteiger partial charge in [0.2, 0.25) is 0 Å². The van der Waals surface area contributed by atoms with Gasteiger partial charge in [-0.3, -0.25) is 4.68 Å². The van der Waals surface area contributed by atoms with Crippen molar-refractivity contribution in [3.05, 3.63) is 18.2 Å². The molecule has 0 N–H and O–H groups in total. The van der Waals surface area contributed by atoms with E-state index in [4.69, 9.17) is 16.1 Å². The van der Waals surface area contributed by atoms with E-state index in [0.29, 0.717) is 11.7 Å². The largest absolute Gasteiger partial charge is 0.334 e. The lowest BCUT2D eigenvalue weighted by molar-refractivity contribution is 0.425. The minimum atomic E-state index is 0.254. The summed E-state index contributed by atoms with van der Waals surface area (Å²) >= 11 is 5.53. The van der Waals surface area contributed by atoms with Crippen molar-refractivity contribution in [1.29, 1.82) is 0 Å². The molecule has 0 fully saturated rings. The maximum Gasteiger partial charge on any atom is 0.261 e. The summed E-state index contributed by atoms with van der Waals surface area (Å²) in [4.78, 5) is 4.05. The Kier molecular flexibility index (Phi) is 2.02. The molecule has 0 saturated heterocycles. The Morgan fingerprint density at radius 1 is 1.62 bits per heavy atom. The van der Waals surface area contributed by atoms with Crippen molar-refractivity contribution in [1.82, 2.24) is 19.9 Å². The molecule has 0 atom stereocenters. The van der Waals surface area contributed by atoms with Crippen molar-refractivity contribution in [3.8, 4) is 11.5 Å². The molecule has 5 nitrogen and oxygen atoms in total. The number of alkyl halides is 1. The molecule has 0 bridgehead atoms. The first-order chi connectivity index (χ1) is 6.29. The first kappa shape index (κ1) is 8.25. The Hall–Kier alpha value is -1.36. The third kappa shape index (κ3) is 1.55. The van der Waals surface area contributed by atoms with Gasteiger partial charge in [-0.1, -0.05) is 5.16 Å². The molecule has 0 spiro atoms. The average molecular weight is 199 g/mol. The van der Waals surface area contributed by atoms with E-state index in [1.54, 1.807) is 17.1 Å². The van der Waals surface area contributed by atoms with Crippen LogP contribution >= 0.6 is 11.6 Å². The maximum absolute atomic E-state index is 5.53. The molecule has 0 aliphatic rings. The van der Waals surface area contributed by atoms with Gasteiger partial charge >= 0.3 is 0 Å². The number of rotatable bonds is 2. The van der Waals surface area contributed by atoms with Crippen LogP contribution < -0.4 is 0 Å². The Balaban J connectivity index is 2.35. The number of halogens is 1. The summed E-state index contributed by atoms with van der Waals surface area (Å²) in [5, 5.41) is 7.65. The summed E-state index contributed by atoms with van der Waals surface area (Å²) in [5.74, 6) is 1.19. The summed E-state index contributed by atoms with van der Waals surface area (Å²) in [6.07, 6.45) is 3.46. The van der Waals surface area contributed by atoms with Crippen LogP contribution in [0.25, 0.3) is 11.5 Å². The zero-order chi connectivity index (χ0) is 9.26. The van der Waals surface area contributed by atoms with Crippen molar-refractivity contribution in [2.24, 2.45) is 7.05 Å². The highest BCUT2D eigenvalue weighted by Gasteiger charge is 2.08. The second-order valence-corrected chi connectivity index (χ2v) is 2.82. The summed E-state index contributed by atoms with van der Waals surface area (Å²) in [5.41, 5.74) is 0.798. The van der Waals surface area contributed by atoms with Crippen LogP contribution in [0.15, 0.2) is 16.9 Å². The first-order valence-electron chi connectivity index (χ1n) is 3.67. The second kappa shape index (κ2) is 3.18. The zero-order valence-corrected chi connectivity index (χ0v) is 7.69. The SMILES string of the molecule is Cn1cc(-c2nc(CCl)no2)cn1. The predicted octanol–water partition coefficient (Wildman–Crippen LogP) is 1.21. The van der Waals surface area contributed by atoms with E-state index in [2.05, 4.69) is 15.2 Å². The maximum atomic E-state index is 5.53. The van der Waals surface area contributed by atoms with Crippen molar-refractivity contribution in [2.75, 3.05) is 0 Å². The van der Waals surface area contributed by atoms with E-state index in [1.165, 1.54) is 0 Å². The van der Waals surface area contributed by atoms with Crippen LogP contribution in [-0.4, -0.2) is 19.9 Å². The van der Waals surface area contributed by atoms with Gasteiger partial charge in [0.1, 0.15) is 0 Å². The molecular weight excluding hydrogens is 192 g/mol. The van der Waals surface area contributed by atoms with E-state index >= 15 is 0 Å². The van der Waals surface area contributed by atoms with E-state index < -0.39 is 0 Å². The number of aromatic nitrogens is 4. The zero-order valence-electron chi connectivity index (χ0n) is 6.94. The third-order valence-electron chi connectivity index (χ3n) is 1.54. The highest BCUT2D eigenvalue weighted by molar-refractivity contribution is 6.16. The molecule has 2 aromatic rings.